The lowest BCUT2D eigenvalue weighted by molar-refractivity contribution is 0.0564. The molecule has 7 nitrogen and oxygen atoms in total. The van der Waals surface area contributed by atoms with Gasteiger partial charge in [-0.05, 0) is 30.3 Å². The number of carbonyl (C=O) groups excluding carboxylic acids is 3. The Morgan fingerprint density at radius 3 is 2.23 bits per heavy atom. The Kier molecular flexibility index (Phi) is 4.14. The minimum atomic E-state index is -0.359. The van der Waals surface area contributed by atoms with Crippen molar-refractivity contribution in [3.63, 3.8) is 0 Å². The van der Waals surface area contributed by atoms with Crippen molar-refractivity contribution in [1.82, 2.24) is 4.90 Å². The average molecular weight is 351 g/mol. The Morgan fingerprint density at radius 1 is 0.923 bits per heavy atom. The molecule has 4 rings (SSSR count). The maximum absolute atomic E-state index is 12.6. The highest BCUT2D eigenvalue weighted by Crippen LogP contribution is 2.29. The second-order valence-corrected chi connectivity index (χ2v) is 6.07. The van der Waals surface area contributed by atoms with Gasteiger partial charge in [-0.25, -0.2) is 9.69 Å². The molecular weight excluding hydrogens is 334 g/mol. The molecule has 7 heteroatoms. The van der Waals surface area contributed by atoms with Gasteiger partial charge in [0.15, 0.2) is 0 Å². The molecule has 0 unspecified atom stereocenters. The average Bonchev–Trinajstić information content (AvgIpc) is 2.94. The van der Waals surface area contributed by atoms with E-state index in [1.807, 2.05) is 0 Å². The summed E-state index contributed by atoms with van der Waals surface area (Å²) in [5, 5.41) is 2.81. The first-order valence-corrected chi connectivity index (χ1v) is 8.37. The standard InChI is InChI=1S/C19H17N3O4/c23-17-15-6-1-2-7-16(15)18(24)22(17)14-5-3-4-13(12-14)20-19(25)21-8-10-26-11-9-21/h1-7,12H,8-11H2,(H,20,25). The molecule has 0 saturated carbocycles. The molecule has 0 spiro atoms. The van der Waals surface area contributed by atoms with Crippen LogP contribution in [-0.2, 0) is 4.74 Å². The molecule has 26 heavy (non-hydrogen) atoms. The molecule has 0 aromatic heterocycles. The Bertz CT molecular complexity index is 855. The van der Waals surface area contributed by atoms with E-state index in [2.05, 4.69) is 5.32 Å². The number of amides is 4. The molecule has 1 fully saturated rings. The number of hydrogen-bond donors (Lipinski definition) is 1. The van der Waals surface area contributed by atoms with E-state index < -0.39 is 0 Å². The molecule has 2 aliphatic heterocycles. The van der Waals surface area contributed by atoms with Gasteiger partial charge in [-0.15, -0.1) is 0 Å². The number of hydrogen-bond acceptors (Lipinski definition) is 4. The van der Waals surface area contributed by atoms with Gasteiger partial charge in [-0.3, -0.25) is 9.59 Å². The Hall–Kier alpha value is -3.19. The predicted octanol–water partition coefficient (Wildman–Crippen LogP) is 2.35. The van der Waals surface area contributed by atoms with Crippen LogP contribution in [0.4, 0.5) is 16.2 Å². The molecule has 1 saturated heterocycles. The summed E-state index contributed by atoms with van der Waals surface area (Å²) in [5.41, 5.74) is 1.73. The molecule has 2 aromatic carbocycles. The molecule has 4 amide bonds. The van der Waals surface area contributed by atoms with E-state index in [9.17, 15) is 14.4 Å². The van der Waals surface area contributed by atoms with Gasteiger partial charge in [0.2, 0.25) is 0 Å². The third kappa shape index (κ3) is 2.82. The number of nitrogens with zero attached hydrogens (tertiary/aromatic N) is 2. The lowest BCUT2D eigenvalue weighted by Crippen LogP contribution is -2.43. The van der Waals surface area contributed by atoms with Gasteiger partial charge in [0, 0.05) is 18.8 Å². The minimum absolute atomic E-state index is 0.229. The van der Waals surface area contributed by atoms with Crippen LogP contribution in [0.25, 0.3) is 0 Å². The molecule has 0 aliphatic carbocycles. The lowest BCUT2D eigenvalue weighted by atomic mass is 10.1. The summed E-state index contributed by atoms with van der Waals surface area (Å²) >= 11 is 0. The minimum Gasteiger partial charge on any atom is -0.378 e. The second-order valence-electron chi connectivity index (χ2n) is 6.07. The van der Waals surface area contributed by atoms with Gasteiger partial charge in [0.1, 0.15) is 0 Å². The monoisotopic (exact) mass is 351 g/mol. The summed E-state index contributed by atoms with van der Waals surface area (Å²) < 4.78 is 5.24. The van der Waals surface area contributed by atoms with E-state index >= 15 is 0 Å². The number of nitrogens with one attached hydrogen (secondary N) is 1. The number of morpholine rings is 1. The zero-order valence-corrected chi connectivity index (χ0v) is 14.0. The first kappa shape index (κ1) is 16.3. The molecule has 0 bridgehead atoms. The molecule has 132 valence electrons. The SMILES string of the molecule is O=C(Nc1cccc(N2C(=O)c3ccccc3C2=O)c1)N1CCOCC1. The van der Waals surface area contributed by atoms with Gasteiger partial charge >= 0.3 is 6.03 Å². The summed E-state index contributed by atoms with van der Waals surface area (Å²) in [7, 11) is 0. The normalized spacial score (nSPS) is 16.6. The first-order valence-electron chi connectivity index (χ1n) is 8.37. The fourth-order valence-electron chi connectivity index (χ4n) is 3.12. The highest BCUT2D eigenvalue weighted by Gasteiger charge is 2.36. The second kappa shape index (κ2) is 6.61. The first-order chi connectivity index (χ1) is 12.6. The van der Waals surface area contributed by atoms with E-state index in [0.29, 0.717) is 48.8 Å². The number of fused-ring (bicyclic) bond motifs is 1. The van der Waals surface area contributed by atoms with Crippen molar-refractivity contribution >= 4 is 29.2 Å². The molecule has 0 atom stereocenters. The van der Waals surface area contributed by atoms with Crippen molar-refractivity contribution in [2.75, 3.05) is 36.5 Å². The lowest BCUT2D eigenvalue weighted by Gasteiger charge is -2.27. The predicted molar refractivity (Wildman–Crippen MR) is 95.4 cm³/mol. The van der Waals surface area contributed by atoms with Crippen molar-refractivity contribution in [3.05, 3.63) is 59.7 Å². The van der Waals surface area contributed by atoms with Gasteiger partial charge in [0.25, 0.3) is 11.8 Å². The highest BCUT2D eigenvalue weighted by atomic mass is 16.5. The number of carbonyl (C=O) groups is 3. The van der Waals surface area contributed by atoms with Gasteiger partial charge in [-0.2, -0.15) is 0 Å². The summed E-state index contributed by atoms with van der Waals surface area (Å²) in [6.45, 7) is 2.10. The van der Waals surface area contributed by atoms with Crippen LogP contribution >= 0.6 is 0 Å². The van der Waals surface area contributed by atoms with Crippen molar-refractivity contribution in [3.8, 4) is 0 Å². The third-order valence-electron chi connectivity index (χ3n) is 4.45. The van der Waals surface area contributed by atoms with Crippen LogP contribution in [0.15, 0.2) is 48.5 Å². The molecule has 1 N–H and O–H groups in total. The maximum Gasteiger partial charge on any atom is 0.322 e. The van der Waals surface area contributed by atoms with Gasteiger partial charge in [-0.1, -0.05) is 18.2 Å². The quantitative estimate of drug-likeness (QED) is 0.843. The molecule has 0 radical (unpaired) electrons. The number of rotatable bonds is 2. The summed E-state index contributed by atoms with van der Waals surface area (Å²) in [6.07, 6.45) is 0. The number of ether oxygens (including phenoxy) is 1. The van der Waals surface area contributed by atoms with E-state index in [0.717, 1.165) is 4.90 Å². The van der Waals surface area contributed by atoms with Crippen LogP contribution in [0.2, 0.25) is 0 Å². The van der Waals surface area contributed by atoms with E-state index in [1.165, 1.54) is 0 Å². The van der Waals surface area contributed by atoms with Crippen molar-refractivity contribution in [2.24, 2.45) is 0 Å². The summed E-state index contributed by atoms with van der Waals surface area (Å²) in [4.78, 5) is 40.3. The van der Waals surface area contributed by atoms with Crippen LogP contribution in [-0.4, -0.2) is 49.0 Å². The van der Waals surface area contributed by atoms with Crippen LogP contribution in [0.1, 0.15) is 20.7 Å². The van der Waals surface area contributed by atoms with Crippen LogP contribution in [0.3, 0.4) is 0 Å². The van der Waals surface area contributed by atoms with E-state index in [-0.39, 0.29) is 17.8 Å². The largest absolute Gasteiger partial charge is 0.378 e. The molecule has 2 aromatic rings. The highest BCUT2D eigenvalue weighted by molar-refractivity contribution is 6.34. The van der Waals surface area contributed by atoms with Crippen LogP contribution in [0.5, 0.6) is 0 Å². The Balaban J connectivity index is 1.56. The van der Waals surface area contributed by atoms with Gasteiger partial charge < -0.3 is 15.0 Å². The molecular formula is C19H17N3O4. The topological polar surface area (TPSA) is 79.0 Å². The Morgan fingerprint density at radius 2 is 1.58 bits per heavy atom. The zero-order valence-electron chi connectivity index (χ0n) is 14.0. The van der Waals surface area contributed by atoms with E-state index in [4.69, 9.17) is 4.74 Å². The fourth-order valence-corrected chi connectivity index (χ4v) is 3.12. The third-order valence-corrected chi connectivity index (χ3v) is 4.45. The Labute approximate surface area is 150 Å². The summed E-state index contributed by atoms with van der Waals surface area (Å²) in [6, 6.07) is 13.2. The molecule has 2 aliphatic rings. The van der Waals surface area contributed by atoms with Crippen molar-refractivity contribution in [1.29, 1.82) is 0 Å². The van der Waals surface area contributed by atoms with Crippen LogP contribution in [0, 0.1) is 0 Å². The smallest absolute Gasteiger partial charge is 0.322 e. The fraction of sp³-hybridized carbons (Fsp3) is 0.211. The zero-order chi connectivity index (χ0) is 18.1. The number of anilines is 2. The van der Waals surface area contributed by atoms with Gasteiger partial charge in [0.05, 0.1) is 30.0 Å². The number of urea groups is 1. The van der Waals surface area contributed by atoms with Crippen molar-refractivity contribution < 1.29 is 19.1 Å². The number of benzene rings is 2. The molecule has 2 heterocycles. The maximum atomic E-state index is 12.6. The summed E-state index contributed by atoms with van der Waals surface area (Å²) in [5.74, 6) is -0.718. The van der Waals surface area contributed by atoms with Crippen molar-refractivity contribution in [2.45, 2.75) is 0 Å². The van der Waals surface area contributed by atoms with E-state index in [1.54, 1.807) is 53.4 Å². The van der Waals surface area contributed by atoms with Crippen LogP contribution < -0.4 is 10.2 Å². The number of imide groups is 1.